The highest BCUT2D eigenvalue weighted by Crippen LogP contribution is 2.14. The number of nitrogens with one attached hydrogen (secondary N) is 4. The highest BCUT2D eigenvalue weighted by Gasteiger charge is 2.09. The second-order valence-corrected chi connectivity index (χ2v) is 6.99. The summed E-state index contributed by atoms with van der Waals surface area (Å²) in [5, 5.41) is 11.4. The number of hydrogen-bond donors (Lipinski definition) is 4. The van der Waals surface area contributed by atoms with Crippen molar-refractivity contribution in [2.75, 3.05) is 22.5 Å². The maximum absolute atomic E-state index is 12.2. The summed E-state index contributed by atoms with van der Waals surface area (Å²) in [6.07, 6.45) is 1.28. The third-order valence-corrected chi connectivity index (χ3v) is 3.93. The topological polar surface area (TPSA) is 99.3 Å². The molecule has 0 atom stereocenters. The molecule has 0 bridgehead atoms. The lowest BCUT2D eigenvalue weighted by atomic mass is 10.1. The largest absolute Gasteiger partial charge is 0.376 e. The van der Waals surface area contributed by atoms with Gasteiger partial charge in [0.2, 0.25) is 11.8 Å². The Morgan fingerprint density at radius 1 is 0.862 bits per heavy atom. The summed E-state index contributed by atoms with van der Waals surface area (Å²) < 4.78 is 0. The molecule has 3 amide bonds. The van der Waals surface area contributed by atoms with Crippen molar-refractivity contribution in [1.29, 1.82) is 0 Å². The second kappa shape index (κ2) is 10.8. The maximum atomic E-state index is 12.2. The zero-order chi connectivity index (χ0) is 21.2. The SMILES string of the molecule is CCCC(=O)Nc1ccc(NCC(=O)Nc2cccc(C(=O)NC(C)C)c2)cc1. The van der Waals surface area contributed by atoms with Crippen LogP contribution in [0.1, 0.15) is 44.0 Å². The first-order chi connectivity index (χ1) is 13.9. The van der Waals surface area contributed by atoms with Crippen molar-refractivity contribution in [3.8, 4) is 0 Å². The Hall–Kier alpha value is -3.35. The van der Waals surface area contributed by atoms with E-state index in [1.54, 1.807) is 48.5 Å². The first-order valence-electron chi connectivity index (χ1n) is 9.72. The van der Waals surface area contributed by atoms with Crippen LogP contribution in [-0.4, -0.2) is 30.3 Å². The van der Waals surface area contributed by atoms with E-state index >= 15 is 0 Å². The lowest BCUT2D eigenvalue weighted by Crippen LogP contribution is -2.30. The zero-order valence-corrected chi connectivity index (χ0v) is 17.0. The van der Waals surface area contributed by atoms with Gasteiger partial charge in [0, 0.05) is 35.1 Å². The number of rotatable bonds is 9. The Morgan fingerprint density at radius 3 is 2.17 bits per heavy atom. The fourth-order valence-corrected chi connectivity index (χ4v) is 2.59. The van der Waals surface area contributed by atoms with Crippen LogP contribution in [0.15, 0.2) is 48.5 Å². The van der Waals surface area contributed by atoms with E-state index in [1.807, 2.05) is 20.8 Å². The Morgan fingerprint density at radius 2 is 1.52 bits per heavy atom. The van der Waals surface area contributed by atoms with Crippen LogP contribution in [0.25, 0.3) is 0 Å². The summed E-state index contributed by atoms with van der Waals surface area (Å²) in [6.45, 7) is 5.81. The molecule has 7 nitrogen and oxygen atoms in total. The lowest BCUT2D eigenvalue weighted by molar-refractivity contribution is -0.116. The molecule has 0 unspecified atom stereocenters. The Bertz CT molecular complexity index is 847. The van der Waals surface area contributed by atoms with E-state index in [2.05, 4.69) is 21.3 Å². The van der Waals surface area contributed by atoms with Gasteiger partial charge in [-0.25, -0.2) is 0 Å². The summed E-state index contributed by atoms with van der Waals surface area (Å²) in [6, 6.07) is 14.0. The van der Waals surface area contributed by atoms with Crippen LogP contribution in [0, 0.1) is 0 Å². The normalized spacial score (nSPS) is 10.3. The van der Waals surface area contributed by atoms with Crippen molar-refractivity contribution in [1.82, 2.24) is 5.32 Å². The molecule has 0 heterocycles. The second-order valence-electron chi connectivity index (χ2n) is 6.99. The average Bonchev–Trinajstić information content (AvgIpc) is 2.67. The van der Waals surface area contributed by atoms with Crippen molar-refractivity contribution in [3.05, 3.63) is 54.1 Å². The zero-order valence-electron chi connectivity index (χ0n) is 17.0. The van der Waals surface area contributed by atoms with Crippen molar-refractivity contribution >= 4 is 34.8 Å². The summed E-state index contributed by atoms with van der Waals surface area (Å²) in [7, 11) is 0. The molecule has 7 heteroatoms. The molecule has 2 aromatic rings. The van der Waals surface area contributed by atoms with Gasteiger partial charge in [-0.15, -0.1) is 0 Å². The van der Waals surface area contributed by atoms with E-state index in [1.165, 1.54) is 0 Å². The van der Waals surface area contributed by atoms with E-state index in [-0.39, 0.29) is 30.3 Å². The first kappa shape index (κ1) is 21.9. The molecular weight excluding hydrogens is 368 g/mol. The smallest absolute Gasteiger partial charge is 0.251 e. The number of amides is 3. The maximum Gasteiger partial charge on any atom is 0.251 e. The van der Waals surface area contributed by atoms with Gasteiger partial charge in [-0.1, -0.05) is 13.0 Å². The van der Waals surface area contributed by atoms with E-state index in [9.17, 15) is 14.4 Å². The van der Waals surface area contributed by atoms with E-state index in [4.69, 9.17) is 0 Å². The molecule has 0 aliphatic rings. The molecule has 0 fully saturated rings. The van der Waals surface area contributed by atoms with Crippen molar-refractivity contribution in [3.63, 3.8) is 0 Å². The highest BCUT2D eigenvalue weighted by molar-refractivity contribution is 5.98. The summed E-state index contributed by atoms with van der Waals surface area (Å²) in [4.78, 5) is 35.9. The van der Waals surface area contributed by atoms with Crippen LogP contribution in [0.5, 0.6) is 0 Å². The molecule has 0 aliphatic heterocycles. The molecule has 0 saturated carbocycles. The monoisotopic (exact) mass is 396 g/mol. The van der Waals surface area contributed by atoms with Crippen molar-refractivity contribution in [2.24, 2.45) is 0 Å². The number of anilines is 3. The minimum atomic E-state index is -0.230. The molecule has 2 rings (SSSR count). The van der Waals surface area contributed by atoms with Gasteiger partial charge in [-0.05, 0) is 62.7 Å². The molecule has 0 radical (unpaired) electrons. The first-order valence-corrected chi connectivity index (χ1v) is 9.72. The number of carbonyl (C=O) groups excluding carboxylic acids is 3. The van der Waals surface area contributed by atoms with Gasteiger partial charge in [0.15, 0.2) is 0 Å². The van der Waals surface area contributed by atoms with Crippen molar-refractivity contribution < 1.29 is 14.4 Å². The van der Waals surface area contributed by atoms with Gasteiger partial charge in [0.25, 0.3) is 5.91 Å². The summed E-state index contributed by atoms with van der Waals surface area (Å²) in [5.74, 6) is -0.427. The van der Waals surface area contributed by atoms with Gasteiger partial charge >= 0.3 is 0 Å². The Labute approximate surface area is 171 Å². The standard InChI is InChI=1S/C22H28N4O3/c1-4-6-20(27)25-18-11-9-17(10-12-18)23-14-21(28)26-19-8-5-7-16(13-19)22(29)24-15(2)3/h5,7-13,15,23H,4,6,14H2,1-3H3,(H,24,29)(H,25,27)(H,26,28). The van der Waals surface area contributed by atoms with Gasteiger partial charge in [-0.2, -0.15) is 0 Å². The lowest BCUT2D eigenvalue weighted by Gasteiger charge is -2.11. The predicted molar refractivity (Wildman–Crippen MR) is 116 cm³/mol. The molecule has 0 aliphatic carbocycles. The van der Waals surface area contributed by atoms with Crippen LogP contribution in [0.3, 0.4) is 0 Å². The minimum Gasteiger partial charge on any atom is -0.376 e. The summed E-state index contributed by atoms with van der Waals surface area (Å²) in [5.41, 5.74) is 2.53. The Balaban J connectivity index is 1.85. The number of carbonyl (C=O) groups is 3. The van der Waals surface area contributed by atoms with Gasteiger partial charge in [-0.3, -0.25) is 14.4 Å². The molecule has 154 valence electrons. The summed E-state index contributed by atoms with van der Waals surface area (Å²) >= 11 is 0. The molecule has 0 saturated heterocycles. The van der Waals surface area contributed by atoms with Gasteiger partial charge in [0.1, 0.15) is 0 Å². The van der Waals surface area contributed by atoms with Gasteiger partial charge in [0.05, 0.1) is 6.54 Å². The van der Waals surface area contributed by atoms with Crippen LogP contribution in [0.2, 0.25) is 0 Å². The minimum absolute atomic E-state index is 0.0168. The Kier molecular flexibility index (Phi) is 8.21. The molecule has 0 aromatic heterocycles. The fraction of sp³-hybridized carbons (Fsp3) is 0.318. The van der Waals surface area contributed by atoms with Crippen molar-refractivity contribution in [2.45, 2.75) is 39.7 Å². The number of hydrogen-bond acceptors (Lipinski definition) is 4. The number of benzene rings is 2. The predicted octanol–water partition coefficient (Wildman–Crippen LogP) is 3.61. The van der Waals surface area contributed by atoms with Crippen LogP contribution in [0.4, 0.5) is 17.1 Å². The average molecular weight is 396 g/mol. The third-order valence-electron chi connectivity index (χ3n) is 3.93. The fourth-order valence-electron chi connectivity index (χ4n) is 2.59. The van der Waals surface area contributed by atoms with E-state index < -0.39 is 0 Å². The molecule has 4 N–H and O–H groups in total. The highest BCUT2D eigenvalue weighted by atomic mass is 16.2. The van der Waals surface area contributed by atoms with E-state index in [0.717, 1.165) is 17.8 Å². The molecule has 29 heavy (non-hydrogen) atoms. The van der Waals surface area contributed by atoms with Crippen LogP contribution >= 0.6 is 0 Å². The van der Waals surface area contributed by atoms with E-state index in [0.29, 0.717) is 17.7 Å². The molecule has 2 aromatic carbocycles. The van der Waals surface area contributed by atoms with Crippen LogP contribution in [-0.2, 0) is 9.59 Å². The molecule has 0 spiro atoms. The quantitative estimate of drug-likeness (QED) is 0.520. The third kappa shape index (κ3) is 7.65. The van der Waals surface area contributed by atoms with Gasteiger partial charge < -0.3 is 21.3 Å². The van der Waals surface area contributed by atoms with Crippen LogP contribution < -0.4 is 21.3 Å². The molecular formula is C22H28N4O3.